The molecule has 0 aliphatic rings. The van der Waals surface area contributed by atoms with Crippen molar-refractivity contribution in [1.29, 1.82) is 0 Å². The second kappa shape index (κ2) is 11.0. The van der Waals surface area contributed by atoms with Crippen molar-refractivity contribution in [3.8, 4) is 44.1 Å². The van der Waals surface area contributed by atoms with Crippen molar-refractivity contribution in [3.05, 3.63) is 82.8 Å². The molecule has 2 heterocycles. The smallest absolute Gasteiger partial charge is 0.130 e. The fraction of sp³-hybridized carbons (Fsp3) is 0.0714. The Kier molecular flexibility index (Phi) is 7.58. The van der Waals surface area contributed by atoms with Gasteiger partial charge in [0, 0.05) is 10.0 Å². The SMILES string of the molecule is COc1ccc2nc(-c3ccc(Cl)cc3OC)sc2c1.Oc1ccc2nc(-c3ccc(Cl)cc3O)sc2c1. The standard InChI is InChI=1S/C15H12ClNO2S.C13H8ClNO2S/c1-18-10-4-6-12-14(8-10)20-15(17-12)11-5-3-9(16)7-13(11)19-2;14-7-1-3-9(11(17)5-7)13-15-10-4-2-8(16)6-12(10)18-13/h3-8H,1-2H3;1-6,16-17H. The summed E-state index contributed by atoms with van der Waals surface area (Å²) < 4.78 is 12.6. The van der Waals surface area contributed by atoms with Gasteiger partial charge in [-0.05, 0) is 72.8 Å². The molecule has 0 atom stereocenters. The van der Waals surface area contributed by atoms with Crippen molar-refractivity contribution in [2.24, 2.45) is 0 Å². The predicted octanol–water partition coefficient (Wildman–Crippen LogP) is 8.66. The van der Waals surface area contributed by atoms with Crippen LogP contribution >= 0.6 is 45.9 Å². The highest BCUT2D eigenvalue weighted by Gasteiger charge is 2.13. The molecule has 0 amide bonds. The lowest BCUT2D eigenvalue weighted by Gasteiger charge is -2.05. The van der Waals surface area contributed by atoms with Crippen LogP contribution in [0, 0.1) is 0 Å². The van der Waals surface area contributed by atoms with E-state index in [9.17, 15) is 10.2 Å². The van der Waals surface area contributed by atoms with E-state index in [1.807, 2.05) is 30.3 Å². The minimum atomic E-state index is 0.103. The van der Waals surface area contributed by atoms with Gasteiger partial charge in [-0.1, -0.05) is 23.2 Å². The molecule has 0 spiro atoms. The molecule has 0 saturated heterocycles. The highest BCUT2D eigenvalue weighted by atomic mass is 35.5. The lowest BCUT2D eigenvalue weighted by Crippen LogP contribution is -1.87. The number of thiazole rings is 2. The van der Waals surface area contributed by atoms with Crippen molar-refractivity contribution >= 4 is 66.3 Å². The van der Waals surface area contributed by atoms with Gasteiger partial charge in [0.1, 0.15) is 33.0 Å². The van der Waals surface area contributed by atoms with Gasteiger partial charge >= 0.3 is 0 Å². The van der Waals surface area contributed by atoms with E-state index in [1.54, 1.807) is 62.0 Å². The van der Waals surface area contributed by atoms with Gasteiger partial charge in [-0.3, -0.25) is 0 Å². The largest absolute Gasteiger partial charge is 0.508 e. The number of halogens is 2. The first-order chi connectivity index (χ1) is 18.3. The number of hydrogen-bond donors (Lipinski definition) is 2. The van der Waals surface area contributed by atoms with Crippen molar-refractivity contribution in [3.63, 3.8) is 0 Å². The molecule has 6 aromatic rings. The number of phenols is 2. The zero-order chi connectivity index (χ0) is 26.8. The van der Waals surface area contributed by atoms with Crippen molar-refractivity contribution < 1.29 is 19.7 Å². The Bertz CT molecular complexity index is 1770. The summed E-state index contributed by atoms with van der Waals surface area (Å²) in [4.78, 5) is 9.06. The zero-order valence-corrected chi connectivity index (χ0v) is 23.3. The Morgan fingerprint density at radius 2 is 1.26 bits per heavy atom. The lowest BCUT2D eigenvalue weighted by atomic mass is 10.2. The van der Waals surface area contributed by atoms with Crippen molar-refractivity contribution in [2.75, 3.05) is 14.2 Å². The second-order valence-corrected chi connectivity index (χ2v) is 11.0. The van der Waals surface area contributed by atoms with Crippen molar-refractivity contribution in [2.45, 2.75) is 0 Å². The summed E-state index contributed by atoms with van der Waals surface area (Å²) in [5, 5.41) is 22.0. The highest BCUT2D eigenvalue weighted by Crippen LogP contribution is 2.39. The van der Waals surface area contributed by atoms with Gasteiger partial charge < -0.3 is 19.7 Å². The van der Waals surface area contributed by atoms with Crippen LogP contribution in [0.3, 0.4) is 0 Å². The molecule has 2 N–H and O–H groups in total. The number of methoxy groups -OCH3 is 2. The number of benzene rings is 4. The fourth-order valence-corrected chi connectivity index (χ4v) is 6.09. The molecule has 0 saturated carbocycles. The Morgan fingerprint density at radius 3 is 1.92 bits per heavy atom. The van der Waals surface area contributed by atoms with Gasteiger partial charge in [0.05, 0.1) is 45.8 Å². The molecule has 2 aromatic heterocycles. The molecule has 10 heteroatoms. The number of aromatic nitrogens is 2. The molecule has 0 bridgehead atoms. The van der Waals surface area contributed by atoms with E-state index in [4.69, 9.17) is 32.7 Å². The number of ether oxygens (including phenoxy) is 2. The van der Waals surface area contributed by atoms with Crippen LogP contribution in [0.1, 0.15) is 0 Å². The van der Waals surface area contributed by atoms with Gasteiger partial charge in [-0.2, -0.15) is 0 Å². The third-order valence-electron chi connectivity index (χ3n) is 5.55. The van der Waals surface area contributed by atoms with E-state index in [1.165, 1.54) is 17.4 Å². The van der Waals surface area contributed by atoms with Crippen LogP contribution in [-0.2, 0) is 0 Å². The average molecular weight is 584 g/mol. The number of rotatable bonds is 4. The lowest BCUT2D eigenvalue weighted by molar-refractivity contribution is 0.415. The summed E-state index contributed by atoms with van der Waals surface area (Å²) in [6.07, 6.45) is 0. The molecule has 192 valence electrons. The maximum atomic E-state index is 9.86. The fourth-order valence-electron chi connectivity index (χ4n) is 3.70. The van der Waals surface area contributed by atoms with Crippen LogP contribution in [0.5, 0.6) is 23.0 Å². The monoisotopic (exact) mass is 582 g/mol. The van der Waals surface area contributed by atoms with Crippen LogP contribution in [0.15, 0.2) is 72.8 Å². The Labute approximate surface area is 236 Å². The third-order valence-corrected chi connectivity index (χ3v) is 8.12. The second-order valence-electron chi connectivity index (χ2n) is 8.03. The molecule has 0 fully saturated rings. The summed E-state index contributed by atoms with van der Waals surface area (Å²) in [6.45, 7) is 0. The molecule has 0 aliphatic carbocycles. The van der Waals surface area contributed by atoms with Gasteiger partial charge in [-0.15, -0.1) is 22.7 Å². The number of fused-ring (bicyclic) bond motifs is 2. The molecule has 6 nitrogen and oxygen atoms in total. The maximum absolute atomic E-state index is 9.86. The number of nitrogens with zero attached hydrogens (tertiary/aromatic N) is 2. The summed E-state index contributed by atoms with van der Waals surface area (Å²) >= 11 is 14.8. The van der Waals surface area contributed by atoms with E-state index in [0.29, 0.717) is 20.6 Å². The third kappa shape index (κ3) is 5.49. The number of phenolic OH excluding ortho intramolecular Hbond substituents is 2. The molecule has 0 unspecified atom stereocenters. The van der Waals surface area contributed by atoms with E-state index in [2.05, 4.69) is 9.97 Å². The summed E-state index contributed by atoms with van der Waals surface area (Å²) in [6, 6.07) is 21.3. The maximum Gasteiger partial charge on any atom is 0.130 e. The van der Waals surface area contributed by atoms with E-state index >= 15 is 0 Å². The quantitative estimate of drug-likeness (QED) is 0.216. The van der Waals surface area contributed by atoms with E-state index in [-0.39, 0.29) is 11.5 Å². The van der Waals surface area contributed by atoms with Crippen LogP contribution in [0.2, 0.25) is 10.0 Å². The van der Waals surface area contributed by atoms with Crippen molar-refractivity contribution in [1.82, 2.24) is 9.97 Å². The van der Waals surface area contributed by atoms with Gasteiger partial charge in [0.25, 0.3) is 0 Å². The van der Waals surface area contributed by atoms with E-state index in [0.717, 1.165) is 42.5 Å². The first-order valence-corrected chi connectivity index (χ1v) is 13.6. The van der Waals surface area contributed by atoms with Crippen LogP contribution < -0.4 is 9.47 Å². The van der Waals surface area contributed by atoms with Crippen LogP contribution in [-0.4, -0.2) is 34.4 Å². The molecule has 38 heavy (non-hydrogen) atoms. The first-order valence-electron chi connectivity index (χ1n) is 11.2. The summed E-state index contributed by atoms with van der Waals surface area (Å²) in [7, 11) is 3.29. The normalized spacial score (nSPS) is 10.8. The molecular formula is C28H20Cl2N2O4S2. The summed E-state index contributed by atoms with van der Waals surface area (Å²) in [5.41, 5.74) is 3.32. The van der Waals surface area contributed by atoms with E-state index < -0.39 is 0 Å². The number of aromatic hydroxyl groups is 2. The van der Waals surface area contributed by atoms with Gasteiger partial charge in [0.15, 0.2) is 0 Å². The highest BCUT2D eigenvalue weighted by molar-refractivity contribution is 7.22. The average Bonchev–Trinajstić information content (AvgIpc) is 3.52. The summed E-state index contributed by atoms with van der Waals surface area (Å²) in [5.74, 6) is 1.86. The Hall–Kier alpha value is -3.56. The van der Waals surface area contributed by atoms with Crippen LogP contribution in [0.25, 0.3) is 41.6 Å². The Balaban J connectivity index is 0.000000156. The Morgan fingerprint density at radius 1 is 0.658 bits per heavy atom. The molecule has 0 aliphatic heterocycles. The molecule has 6 rings (SSSR count). The minimum Gasteiger partial charge on any atom is -0.508 e. The molecular weight excluding hydrogens is 563 g/mol. The zero-order valence-electron chi connectivity index (χ0n) is 20.1. The molecule has 0 radical (unpaired) electrons. The van der Waals surface area contributed by atoms with Gasteiger partial charge in [-0.25, -0.2) is 9.97 Å². The van der Waals surface area contributed by atoms with Crippen LogP contribution in [0.4, 0.5) is 0 Å². The predicted molar refractivity (Wildman–Crippen MR) is 157 cm³/mol. The van der Waals surface area contributed by atoms with Gasteiger partial charge in [0.2, 0.25) is 0 Å². The molecule has 4 aromatic carbocycles. The topological polar surface area (TPSA) is 84.7 Å². The number of hydrogen-bond acceptors (Lipinski definition) is 8. The minimum absolute atomic E-state index is 0.103. The first kappa shape index (κ1) is 26.1.